The molecule has 0 saturated heterocycles. The van der Waals surface area contributed by atoms with Crippen LogP contribution in [0.5, 0.6) is 5.75 Å². The van der Waals surface area contributed by atoms with Gasteiger partial charge in [0.2, 0.25) is 0 Å². The lowest BCUT2D eigenvalue weighted by atomic mass is 10.2. The number of aromatic hydroxyl groups is 1. The first-order valence-corrected chi connectivity index (χ1v) is 6.61. The van der Waals surface area contributed by atoms with Gasteiger partial charge in [0, 0.05) is 14.7 Å². The van der Waals surface area contributed by atoms with Crippen LogP contribution in [0, 0.1) is 3.57 Å². The van der Waals surface area contributed by atoms with E-state index in [9.17, 15) is 4.79 Å². The van der Waals surface area contributed by atoms with Gasteiger partial charge in [0.05, 0.1) is 6.21 Å². The average molecular weight is 366 g/mol. The minimum Gasteiger partial charge on any atom is -0.508 e. The molecule has 4 nitrogen and oxygen atoms in total. The molecule has 0 unspecified atom stereocenters. The third-order valence-corrected chi connectivity index (χ3v) is 3.39. The van der Waals surface area contributed by atoms with E-state index >= 15 is 0 Å². The maximum atomic E-state index is 11.7. The Morgan fingerprint density at radius 3 is 2.53 bits per heavy atom. The Kier molecular flexibility index (Phi) is 4.51. The van der Waals surface area contributed by atoms with Crippen molar-refractivity contribution in [2.45, 2.75) is 0 Å². The summed E-state index contributed by atoms with van der Waals surface area (Å²) < 4.78 is 1.06. The van der Waals surface area contributed by atoms with Crippen molar-refractivity contribution in [2.75, 3.05) is 0 Å². The second kappa shape index (κ2) is 6.33. The molecule has 2 N–H and O–H groups in total. The molecular formula is C14H11IN2O2. The van der Waals surface area contributed by atoms with Gasteiger partial charge >= 0.3 is 0 Å². The lowest BCUT2D eigenvalue weighted by molar-refractivity contribution is 0.0955. The molecule has 0 aliphatic carbocycles. The van der Waals surface area contributed by atoms with Gasteiger partial charge in [-0.1, -0.05) is 18.2 Å². The summed E-state index contributed by atoms with van der Waals surface area (Å²) in [5, 5.41) is 13.0. The third kappa shape index (κ3) is 3.78. The highest BCUT2D eigenvalue weighted by Crippen LogP contribution is 2.10. The summed E-state index contributed by atoms with van der Waals surface area (Å²) in [5.41, 5.74) is 3.82. The van der Waals surface area contributed by atoms with E-state index in [4.69, 9.17) is 5.11 Å². The topological polar surface area (TPSA) is 61.7 Å². The van der Waals surface area contributed by atoms with Gasteiger partial charge in [-0.15, -0.1) is 0 Å². The number of phenols is 1. The quantitative estimate of drug-likeness (QED) is 0.499. The fourth-order valence-electron chi connectivity index (χ4n) is 1.42. The van der Waals surface area contributed by atoms with Crippen molar-refractivity contribution in [3.8, 4) is 5.75 Å². The molecular weight excluding hydrogens is 355 g/mol. The maximum Gasteiger partial charge on any atom is 0.271 e. The fraction of sp³-hybridized carbons (Fsp3) is 0. The Morgan fingerprint density at radius 2 is 1.84 bits per heavy atom. The standard InChI is InChI=1S/C14H11IN2O2/c15-13-4-2-1-3-11(13)9-16-17-14(19)10-5-7-12(18)8-6-10/h1-9,18H,(H,17,19)/b16-9-. The first-order chi connectivity index (χ1) is 9.16. The van der Waals surface area contributed by atoms with Crippen LogP contribution in [0.15, 0.2) is 53.6 Å². The predicted octanol–water partition coefficient (Wildman–Crippen LogP) is 2.76. The number of phenolic OH excluding ortho intramolecular Hbond substituents is 1. The predicted molar refractivity (Wildman–Crippen MR) is 82.3 cm³/mol. The van der Waals surface area contributed by atoms with Crippen molar-refractivity contribution in [3.63, 3.8) is 0 Å². The molecule has 0 bridgehead atoms. The number of halogens is 1. The second-order valence-electron chi connectivity index (χ2n) is 3.77. The lowest BCUT2D eigenvalue weighted by Crippen LogP contribution is -2.17. The molecule has 19 heavy (non-hydrogen) atoms. The molecule has 0 radical (unpaired) electrons. The smallest absolute Gasteiger partial charge is 0.271 e. The van der Waals surface area contributed by atoms with Crippen molar-refractivity contribution >= 4 is 34.7 Å². The zero-order chi connectivity index (χ0) is 13.7. The van der Waals surface area contributed by atoms with Gasteiger partial charge in [-0.2, -0.15) is 5.10 Å². The number of hydrogen-bond donors (Lipinski definition) is 2. The number of nitrogens with zero attached hydrogens (tertiary/aromatic N) is 1. The molecule has 0 saturated carbocycles. The van der Waals surface area contributed by atoms with Crippen molar-refractivity contribution in [1.29, 1.82) is 0 Å². The van der Waals surface area contributed by atoms with E-state index < -0.39 is 0 Å². The van der Waals surface area contributed by atoms with Crippen LogP contribution in [0.2, 0.25) is 0 Å². The summed E-state index contributed by atoms with van der Waals surface area (Å²) in [6.45, 7) is 0. The van der Waals surface area contributed by atoms with Crippen LogP contribution in [0.25, 0.3) is 0 Å². The molecule has 0 fully saturated rings. The normalized spacial score (nSPS) is 10.6. The van der Waals surface area contributed by atoms with Crippen LogP contribution in [0.1, 0.15) is 15.9 Å². The van der Waals surface area contributed by atoms with E-state index in [-0.39, 0.29) is 11.7 Å². The van der Waals surface area contributed by atoms with Gasteiger partial charge in [0.25, 0.3) is 5.91 Å². The van der Waals surface area contributed by atoms with Crippen molar-refractivity contribution < 1.29 is 9.90 Å². The Bertz CT molecular complexity index is 609. The lowest BCUT2D eigenvalue weighted by Gasteiger charge is -2.00. The molecule has 2 aromatic rings. The monoisotopic (exact) mass is 366 g/mol. The highest BCUT2D eigenvalue weighted by molar-refractivity contribution is 14.1. The van der Waals surface area contributed by atoms with Crippen LogP contribution in [0.3, 0.4) is 0 Å². The summed E-state index contributed by atoms with van der Waals surface area (Å²) >= 11 is 2.20. The molecule has 0 atom stereocenters. The van der Waals surface area contributed by atoms with Crippen LogP contribution in [-0.2, 0) is 0 Å². The molecule has 1 amide bonds. The maximum absolute atomic E-state index is 11.7. The number of rotatable bonds is 3. The van der Waals surface area contributed by atoms with Gasteiger partial charge in [-0.3, -0.25) is 4.79 Å². The number of carbonyl (C=O) groups excluding carboxylic acids is 1. The Morgan fingerprint density at radius 1 is 1.16 bits per heavy atom. The molecule has 0 aliphatic heterocycles. The number of benzene rings is 2. The Hall–Kier alpha value is -1.89. The minimum atomic E-state index is -0.317. The number of amides is 1. The highest BCUT2D eigenvalue weighted by Gasteiger charge is 2.03. The van der Waals surface area contributed by atoms with Gasteiger partial charge < -0.3 is 5.11 Å². The third-order valence-electron chi connectivity index (χ3n) is 2.40. The summed E-state index contributed by atoms with van der Waals surface area (Å²) in [6, 6.07) is 13.7. The van der Waals surface area contributed by atoms with E-state index in [0.717, 1.165) is 9.13 Å². The number of nitrogens with one attached hydrogen (secondary N) is 1. The zero-order valence-electron chi connectivity index (χ0n) is 9.88. The van der Waals surface area contributed by atoms with Crippen LogP contribution in [0.4, 0.5) is 0 Å². The number of hydrazone groups is 1. The average Bonchev–Trinajstić information content (AvgIpc) is 2.41. The molecule has 2 aromatic carbocycles. The van der Waals surface area contributed by atoms with Gasteiger partial charge in [-0.25, -0.2) is 5.43 Å². The summed E-state index contributed by atoms with van der Waals surface area (Å²) in [4.78, 5) is 11.7. The largest absolute Gasteiger partial charge is 0.508 e. The van der Waals surface area contributed by atoms with Gasteiger partial charge in [0.15, 0.2) is 0 Å². The molecule has 5 heteroatoms. The van der Waals surface area contributed by atoms with E-state index in [0.29, 0.717) is 5.56 Å². The fourth-order valence-corrected chi connectivity index (χ4v) is 1.94. The summed E-state index contributed by atoms with van der Waals surface area (Å²) in [7, 11) is 0. The van der Waals surface area contributed by atoms with Gasteiger partial charge in [-0.05, 0) is 52.9 Å². The minimum absolute atomic E-state index is 0.124. The van der Waals surface area contributed by atoms with E-state index in [1.54, 1.807) is 6.21 Å². The molecule has 2 rings (SSSR count). The molecule has 96 valence electrons. The second-order valence-corrected chi connectivity index (χ2v) is 4.93. The molecule has 0 heterocycles. The number of hydrogen-bond acceptors (Lipinski definition) is 3. The Balaban J connectivity index is 2.01. The first kappa shape index (κ1) is 13.5. The first-order valence-electron chi connectivity index (χ1n) is 5.54. The van der Waals surface area contributed by atoms with E-state index in [1.807, 2.05) is 24.3 Å². The SMILES string of the molecule is O=C(N/N=C\c1ccccc1I)c1ccc(O)cc1. The highest BCUT2D eigenvalue weighted by atomic mass is 127. The van der Waals surface area contributed by atoms with Crippen LogP contribution < -0.4 is 5.43 Å². The Labute approximate surface area is 124 Å². The van der Waals surface area contributed by atoms with Crippen LogP contribution >= 0.6 is 22.6 Å². The molecule has 0 aromatic heterocycles. The van der Waals surface area contributed by atoms with Crippen molar-refractivity contribution in [3.05, 3.63) is 63.2 Å². The summed E-state index contributed by atoms with van der Waals surface area (Å²) in [5.74, 6) is -0.193. The van der Waals surface area contributed by atoms with Crippen molar-refractivity contribution in [2.24, 2.45) is 5.10 Å². The van der Waals surface area contributed by atoms with Gasteiger partial charge in [0.1, 0.15) is 5.75 Å². The van der Waals surface area contributed by atoms with E-state index in [1.165, 1.54) is 24.3 Å². The number of carbonyl (C=O) groups is 1. The van der Waals surface area contributed by atoms with Crippen molar-refractivity contribution in [1.82, 2.24) is 5.43 Å². The molecule has 0 aliphatic rings. The van der Waals surface area contributed by atoms with Crippen LogP contribution in [-0.4, -0.2) is 17.2 Å². The molecule has 0 spiro atoms. The summed E-state index contributed by atoms with van der Waals surface area (Å²) in [6.07, 6.45) is 1.60. The van der Waals surface area contributed by atoms with E-state index in [2.05, 4.69) is 33.1 Å². The zero-order valence-corrected chi connectivity index (χ0v) is 12.0.